The van der Waals surface area contributed by atoms with Crippen LogP contribution in [0.25, 0.3) is 11.0 Å². The Morgan fingerprint density at radius 1 is 1.32 bits per heavy atom. The molecule has 5 heteroatoms. The standard InChI is InChI=1S/C17H14N4O/c1-2-16-20-14-7-6-12(9-15(14)21-16)17(22)19-13-5-3-4-11(8-13)10-18/h3-9H,2H2,1H3,(H,19,22)(H,20,21). The van der Waals surface area contributed by atoms with Gasteiger partial charge < -0.3 is 10.3 Å². The van der Waals surface area contributed by atoms with Crippen molar-refractivity contribution in [2.45, 2.75) is 13.3 Å². The highest BCUT2D eigenvalue weighted by molar-refractivity contribution is 6.06. The minimum atomic E-state index is -0.218. The molecule has 3 aromatic rings. The molecular weight excluding hydrogens is 276 g/mol. The molecule has 0 fully saturated rings. The van der Waals surface area contributed by atoms with E-state index < -0.39 is 0 Å². The molecule has 0 aliphatic carbocycles. The number of aromatic amines is 1. The van der Waals surface area contributed by atoms with Crippen LogP contribution in [0.15, 0.2) is 42.5 Å². The van der Waals surface area contributed by atoms with E-state index in [9.17, 15) is 4.79 Å². The fourth-order valence-corrected chi connectivity index (χ4v) is 2.24. The number of rotatable bonds is 3. The lowest BCUT2D eigenvalue weighted by Gasteiger charge is -2.05. The molecule has 3 rings (SSSR count). The molecule has 1 amide bonds. The number of nitriles is 1. The zero-order valence-electron chi connectivity index (χ0n) is 12.1. The lowest BCUT2D eigenvalue weighted by atomic mass is 10.1. The SMILES string of the molecule is CCc1nc2ccc(C(=O)Nc3cccc(C#N)c3)cc2[nH]1. The number of benzene rings is 2. The number of amides is 1. The summed E-state index contributed by atoms with van der Waals surface area (Å²) >= 11 is 0. The van der Waals surface area contributed by atoms with Crippen LogP contribution in [0.2, 0.25) is 0 Å². The number of aromatic nitrogens is 2. The average molecular weight is 290 g/mol. The highest BCUT2D eigenvalue weighted by atomic mass is 16.1. The molecule has 1 aromatic heterocycles. The molecule has 0 bridgehead atoms. The number of carbonyl (C=O) groups is 1. The number of fused-ring (bicyclic) bond motifs is 1. The first-order valence-corrected chi connectivity index (χ1v) is 7.00. The predicted molar refractivity (Wildman–Crippen MR) is 84.6 cm³/mol. The van der Waals surface area contributed by atoms with Gasteiger partial charge in [0, 0.05) is 17.7 Å². The summed E-state index contributed by atoms with van der Waals surface area (Å²) in [7, 11) is 0. The van der Waals surface area contributed by atoms with Crippen molar-refractivity contribution in [3.05, 3.63) is 59.4 Å². The van der Waals surface area contributed by atoms with Crippen molar-refractivity contribution in [3.63, 3.8) is 0 Å². The molecule has 0 saturated heterocycles. The molecule has 22 heavy (non-hydrogen) atoms. The summed E-state index contributed by atoms with van der Waals surface area (Å²) < 4.78 is 0. The van der Waals surface area contributed by atoms with Gasteiger partial charge in [-0.25, -0.2) is 4.98 Å². The third-order valence-electron chi connectivity index (χ3n) is 3.38. The highest BCUT2D eigenvalue weighted by Gasteiger charge is 2.09. The minimum absolute atomic E-state index is 0.218. The van der Waals surface area contributed by atoms with Gasteiger partial charge in [-0.15, -0.1) is 0 Å². The van der Waals surface area contributed by atoms with Crippen molar-refractivity contribution < 1.29 is 4.79 Å². The third kappa shape index (κ3) is 2.67. The van der Waals surface area contributed by atoms with Crippen LogP contribution in [0, 0.1) is 11.3 Å². The Morgan fingerprint density at radius 2 is 2.18 bits per heavy atom. The number of H-pyrrole nitrogens is 1. The molecule has 0 saturated carbocycles. The van der Waals surface area contributed by atoms with E-state index in [2.05, 4.69) is 15.3 Å². The smallest absolute Gasteiger partial charge is 0.255 e. The fraction of sp³-hybridized carbons (Fsp3) is 0.118. The topological polar surface area (TPSA) is 81.6 Å². The van der Waals surface area contributed by atoms with Crippen molar-refractivity contribution in [2.75, 3.05) is 5.32 Å². The van der Waals surface area contributed by atoms with Crippen LogP contribution in [0.1, 0.15) is 28.7 Å². The van der Waals surface area contributed by atoms with Crippen LogP contribution in [-0.2, 0) is 6.42 Å². The molecular formula is C17H14N4O. The first-order chi connectivity index (χ1) is 10.7. The molecule has 0 atom stereocenters. The summed E-state index contributed by atoms with van der Waals surface area (Å²) in [4.78, 5) is 19.9. The molecule has 0 spiro atoms. The minimum Gasteiger partial charge on any atom is -0.342 e. The second-order valence-electron chi connectivity index (χ2n) is 4.92. The van der Waals surface area contributed by atoms with Crippen molar-refractivity contribution in [1.29, 1.82) is 5.26 Å². The Labute approximate surface area is 127 Å². The van der Waals surface area contributed by atoms with Crippen LogP contribution in [0.3, 0.4) is 0 Å². The van der Waals surface area contributed by atoms with Crippen LogP contribution in [0.5, 0.6) is 0 Å². The first-order valence-electron chi connectivity index (χ1n) is 7.00. The zero-order chi connectivity index (χ0) is 15.5. The van der Waals surface area contributed by atoms with Gasteiger partial charge >= 0.3 is 0 Å². The number of imidazole rings is 1. The second kappa shape index (κ2) is 5.70. The van der Waals surface area contributed by atoms with Gasteiger partial charge in [-0.3, -0.25) is 4.79 Å². The van der Waals surface area contributed by atoms with Crippen LogP contribution in [0.4, 0.5) is 5.69 Å². The van der Waals surface area contributed by atoms with E-state index in [0.29, 0.717) is 16.8 Å². The van der Waals surface area contributed by atoms with Crippen LogP contribution >= 0.6 is 0 Å². The van der Waals surface area contributed by atoms with Crippen LogP contribution in [-0.4, -0.2) is 15.9 Å². The zero-order valence-corrected chi connectivity index (χ0v) is 12.1. The quantitative estimate of drug-likeness (QED) is 0.776. The lowest BCUT2D eigenvalue weighted by Crippen LogP contribution is -2.11. The molecule has 5 nitrogen and oxygen atoms in total. The predicted octanol–water partition coefficient (Wildman–Crippen LogP) is 3.25. The van der Waals surface area contributed by atoms with Crippen molar-refractivity contribution in [1.82, 2.24) is 9.97 Å². The summed E-state index contributed by atoms with van der Waals surface area (Å²) in [5, 5.41) is 11.7. The van der Waals surface area contributed by atoms with E-state index in [4.69, 9.17) is 5.26 Å². The van der Waals surface area contributed by atoms with E-state index in [0.717, 1.165) is 23.3 Å². The van der Waals surface area contributed by atoms with E-state index in [1.54, 1.807) is 36.4 Å². The normalized spacial score (nSPS) is 10.4. The Hall–Kier alpha value is -3.13. The average Bonchev–Trinajstić information content (AvgIpc) is 2.97. The van der Waals surface area contributed by atoms with Crippen molar-refractivity contribution in [3.8, 4) is 6.07 Å². The van der Waals surface area contributed by atoms with Crippen LogP contribution < -0.4 is 5.32 Å². The summed E-state index contributed by atoms with van der Waals surface area (Å²) in [6.45, 7) is 2.02. The number of nitrogens with zero attached hydrogens (tertiary/aromatic N) is 2. The molecule has 2 N–H and O–H groups in total. The van der Waals surface area contributed by atoms with Gasteiger partial charge in [0.1, 0.15) is 5.82 Å². The lowest BCUT2D eigenvalue weighted by molar-refractivity contribution is 0.102. The number of nitrogens with one attached hydrogen (secondary N) is 2. The van der Waals surface area contributed by atoms with Gasteiger partial charge in [0.25, 0.3) is 5.91 Å². The molecule has 1 heterocycles. The first kappa shape index (κ1) is 13.8. The third-order valence-corrected chi connectivity index (χ3v) is 3.38. The maximum absolute atomic E-state index is 12.3. The maximum atomic E-state index is 12.3. The van der Waals surface area contributed by atoms with E-state index in [1.807, 2.05) is 19.1 Å². The molecule has 0 unspecified atom stereocenters. The maximum Gasteiger partial charge on any atom is 0.255 e. The Balaban J connectivity index is 1.86. The van der Waals surface area contributed by atoms with E-state index in [-0.39, 0.29) is 5.91 Å². The Kier molecular flexibility index (Phi) is 3.58. The van der Waals surface area contributed by atoms with Crippen molar-refractivity contribution >= 4 is 22.6 Å². The summed E-state index contributed by atoms with van der Waals surface area (Å²) in [5.41, 5.74) is 3.34. The van der Waals surface area contributed by atoms with E-state index >= 15 is 0 Å². The number of anilines is 1. The van der Waals surface area contributed by atoms with Gasteiger partial charge in [-0.2, -0.15) is 5.26 Å². The number of aryl methyl sites for hydroxylation is 1. The highest BCUT2D eigenvalue weighted by Crippen LogP contribution is 2.16. The number of hydrogen-bond acceptors (Lipinski definition) is 3. The molecule has 0 aliphatic rings. The van der Waals surface area contributed by atoms with Gasteiger partial charge in [0.15, 0.2) is 0 Å². The van der Waals surface area contributed by atoms with Gasteiger partial charge in [0.05, 0.1) is 22.7 Å². The van der Waals surface area contributed by atoms with Gasteiger partial charge in [-0.1, -0.05) is 13.0 Å². The molecule has 0 radical (unpaired) electrons. The number of hydrogen-bond donors (Lipinski definition) is 2. The second-order valence-corrected chi connectivity index (χ2v) is 4.92. The summed E-state index contributed by atoms with van der Waals surface area (Å²) in [6, 6.07) is 14.2. The van der Waals surface area contributed by atoms with Gasteiger partial charge in [-0.05, 0) is 36.4 Å². The van der Waals surface area contributed by atoms with Crippen molar-refractivity contribution in [2.24, 2.45) is 0 Å². The molecule has 0 aliphatic heterocycles. The fourth-order valence-electron chi connectivity index (χ4n) is 2.24. The number of carbonyl (C=O) groups excluding carboxylic acids is 1. The Morgan fingerprint density at radius 3 is 2.95 bits per heavy atom. The van der Waals surface area contributed by atoms with Gasteiger partial charge in [0.2, 0.25) is 0 Å². The van der Waals surface area contributed by atoms with E-state index in [1.165, 1.54) is 0 Å². The summed E-state index contributed by atoms with van der Waals surface area (Å²) in [6.07, 6.45) is 0.817. The molecule has 108 valence electrons. The molecule has 2 aromatic carbocycles. The Bertz CT molecular complexity index is 889. The largest absolute Gasteiger partial charge is 0.342 e. The summed E-state index contributed by atoms with van der Waals surface area (Å²) in [5.74, 6) is 0.680. The monoisotopic (exact) mass is 290 g/mol.